The quantitative estimate of drug-likeness (QED) is 0.451. The number of rotatable bonds is 8. The largest absolute Gasteiger partial charge is 0.508 e. The zero-order chi connectivity index (χ0) is 28.8. The minimum absolute atomic E-state index is 0.135. The molecule has 4 heterocycles. The van der Waals surface area contributed by atoms with Crippen LogP contribution in [0.5, 0.6) is 11.5 Å². The predicted molar refractivity (Wildman–Crippen MR) is 156 cm³/mol. The smallest absolute Gasteiger partial charge is 0.310 e. The molecule has 0 aromatic heterocycles. The van der Waals surface area contributed by atoms with Gasteiger partial charge in [0.05, 0.1) is 25.0 Å². The molecule has 1 saturated carbocycles. The molecule has 0 radical (unpaired) electrons. The lowest BCUT2D eigenvalue weighted by molar-refractivity contribution is -0.169. The van der Waals surface area contributed by atoms with E-state index >= 15 is 0 Å². The number of aromatic hydroxyl groups is 2. The Morgan fingerprint density at radius 3 is 1.43 bits per heavy atom. The first-order valence-corrected chi connectivity index (χ1v) is 15.9. The SMILES string of the molecule is O=C(OC[C@@H]1CCN2CCC[C@H]12)C1C(c2ccc(O)cc2)C(C(=O)OC[C@@H]2CCN3CCC[C@H]23)C1c1ccc(O)cc1. The molecule has 0 amide bonds. The fourth-order valence-electron chi connectivity index (χ4n) is 8.89. The maximum absolute atomic E-state index is 13.9. The van der Waals surface area contributed by atoms with E-state index in [1.807, 2.05) is 0 Å². The van der Waals surface area contributed by atoms with Gasteiger partial charge in [-0.25, -0.2) is 0 Å². The van der Waals surface area contributed by atoms with Gasteiger partial charge in [-0.05, 0) is 100 Å². The second-order valence-corrected chi connectivity index (χ2v) is 13.1. The van der Waals surface area contributed by atoms with Crippen molar-refractivity contribution < 1.29 is 29.3 Å². The topological polar surface area (TPSA) is 99.5 Å². The zero-order valence-corrected chi connectivity index (χ0v) is 24.1. The number of phenolic OH excluding ortho intramolecular Hbond substituents is 2. The van der Waals surface area contributed by atoms with E-state index in [-0.39, 0.29) is 23.4 Å². The molecule has 5 fully saturated rings. The highest BCUT2D eigenvalue weighted by Gasteiger charge is 2.60. The highest BCUT2D eigenvalue weighted by Crippen LogP contribution is 2.59. The Morgan fingerprint density at radius 2 is 1.02 bits per heavy atom. The van der Waals surface area contributed by atoms with E-state index in [0.717, 1.165) is 63.0 Å². The molecule has 4 saturated heterocycles. The van der Waals surface area contributed by atoms with Gasteiger partial charge in [0, 0.05) is 35.8 Å². The maximum atomic E-state index is 13.9. The van der Waals surface area contributed by atoms with Crippen molar-refractivity contribution in [2.75, 3.05) is 39.4 Å². The normalized spacial score (nSPS) is 34.1. The molecule has 7 rings (SSSR count). The van der Waals surface area contributed by atoms with Gasteiger partial charge >= 0.3 is 11.9 Å². The third kappa shape index (κ3) is 5.06. The van der Waals surface area contributed by atoms with Gasteiger partial charge in [0.1, 0.15) is 11.5 Å². The summed E-state index contributed by atoms with van der Waals surface area (Å²) in [5.74, 6) is -1.62. The Labute approximate surface area is 247 Å². The Balaban J connectivity index is 1.14. The summed E-state index contributed by atoms with van der Waals surface area (Å²) < 4.78 is 12.2. The van der Waals surface area contributed by atoms with Gasteiger partial charge in [0.2, 0.25) is 0 Å². The lowest BCUT2D eigenvalue weighted by atomic mass is 9.52. The van der Waals surface area contributed by atoms with Crippen LogP contribution in [0.2, 0.25) is 0 Å². The number of ether oxygens (including phenoxy) is 2. The number of hydrogen-bond acceptors (Lipinski definition) is 8. The van der Waals surface area contributed by atoms with E-state index < -0.39 is 23.7 Å². The van der Waals surface area contributed by atoms with Crippen molar-refractivity contribution >= 4 is 11.9 Å². The van der Waals surface area contributed by atoms with E-state index in [4.69, 9.17) is 9.47 Å². The summed E-state index contributed by atoms with van der Waals surface area (Å²) in [5, 5.41) is 20.0. The molecular weight excluding hydrogens is 532 g/mol. The molecule has 1 aliphatic carbocycles. The molecule has 2 aromatic rings. The van der Waals surface area contributed by atoms with Crippen molar-refractivity contribution in [3.63, 3.8) is 0 Å². The van der Waals surface area contributed by atoms with Crippen LogP contribution in [0, 0.1) is 23.7 Å². The van der Waals surface area contributed by atoms with Crippen LogP contribution in [0.25, 0.3) is 0 Å². The van der Waals surface area contributed by atoms with Crippen molar-refractivity contribution in [3.05, 3.63) is 59.7 Å². The third-order valence-electron chi connectivity index (χ3n) is 11.0. The molecule has 0 spiro atoms. The second kappa shape index (κ2) is 11.5. The van der Waals surface area contributed by atoms with E-state index in [9.17, 15) is 19.8 Å². The van der Waals surface area contributed by atoms with Gasteiger partial charge in [0.25, 0.3) is 0 Å². The van der Waals surface area contributed by atoms with Gasteiger partial charge in [0.15, 0.2) is 0 Å². The first kappa shape index (κ1) is 27.7. The Morgan fingerprint density at radius 1 is 0.619 bits per heavy atom. The molecule has 8 nitrogen and oxygen atoms in total. The van der Waals surface area contributed by atoms with Crippen LogP contribution >= 0.6 is 0 Å². The fraction of sp³-hybridized carbons (Fsp3) is 0.588. The van der Waals surface area contributed by atoms with Gasteiger partial charge in [-0.15, -0.1) is 0 Å². The summed E-state index contributed by atoms with van der Waals surface area (Å²) in [6.45, 7) is 5.19. The fourth-order valence-corrected chi connectivity index (χ4v) is 8.89. The monoisotopic (exact) mass is 574 g/mol. The highest BCUT2D eigenvalue weighted by molar-refractivity contribution is 5.85. The Hall–Kier alpha value is -3.10. The number of esters is 2. The van der Waals surface area contributed by atoms with Crippen molar-refractivity contribution in [2.24, 2.45) is 23.7 Å². The molecule has 8 heteroatoms. The first-order valence-electron chi connectivity index (χ1n) is 15.9. The number of carbonyl (C=O) groups is 2. The van der Waals surface area contributed by atoms with Crippen LogP contribution in [-0.4, -0.2) is 83.4 Å². The van der Waals surface area contributed by atoms with Crippen molar-refractivity contribution in [2.45, 2.75) is 62.4 Å². The standard InChI is InChI=1S/C34H42N2O6/c37-25-9-5-21(6-10-25)29-31(33(39)41-19-23-13-17-35-15-1-3-27(23)35)30(22-7-11-26(38)12-8-22)32(29)34(40)42-20-24-14-18-36-16-2-4-28(24)36/h5-12,23-24,27-32,37-38H,1-4,13-20H2/t23-,24-,27+,28+,29?,30?,31?,32?/m0/s1. The predicted octanol–water partition coefficient (Wildman–Crippen LogP) is 4.27. The summed E-state index contributed by atoms with van der Waals surface area (Å²) in [7, 11) is 0. The molecule has 4 aliphatic heterocycles. The number of fused-ring (bicyclic) bond motifs is 2. The van der Waals surface area contributed by atoms with Crippen LogP contribution in [0.4, 0.5) is 0 Å². The molecule has 0 bridgehead atoms. The molecule has 5 aliphatic rings. The summed E-state index contributed by atoms with van der Waals surface area (Å²) in [4.78, 5) is 32.9. The van der Waals surface area contributed by atoms with Gasteiger partial charge in [-0.3, -0.25) is 19.4 Å². The molecule has 224 valence electrons. The van der Waals surface area contributed by atoms with Crippen LogP contribution < -0.4 is 0 Å². The van der Waals surface area contributed by atoms with E-state index in [0.29, 0.717) is 37.1 Å². The number of nitrogens with zero attached hydrogens (tertiary/aromatic N) is 2. The lowest BCUT2D eigenvalue weighted by Gasteiger charge is -2.49. The summed E-state index contributed by atoms with van der Waals surface area (Å²) in [6.07, 6.45) is 6.80. The van der Waals surface area contributed by atoms with Gasteiger partial charge in [-0.2, -0.15) is 0 Å². The maximum Gasteiger partial charge on any atom is 0.310 e. The van der Waals surface area contributed by atoms with Crippen molar-refractivity contribution in [3.8, 4) is 11.5 Å². The average Bonchev–Trinajstić information content (AvgIpc) is 3.76. The molecule has 4 atom stereocenters. The highest BCUT2D eigenvalue weighted by atomic mass is 16.5. The second-order valence-electron chi connectivity index (χ2n) is 13.1. The van der Waals surface area contributed by atoms with E-state index in [1.54, 1.807) is 48.5 Å². The van der Waals surface area contributed by atoms with Gasteiger partial charge < -0.3 is 19.7 Å². The number of carbonyl (C=O) groups excluding carboxylic acids is 2. The summed E-state index contributed by atoms with van der Waals surface area (Å²) in [5.41, 5.74) is 1.63. The molecular formula is C34H42N2O6. The van der Waals surface area contributed by atoms with Crippen LogP contribution in [0.1, 0.15) is 61.5 Å². The van der Waals surface area contributed by atoms with E-state index in [2.05, 4.69) is 9.80 Å². The summed E-state index contributed by atoms with van der Waals surface area (Å²) in [6, 6.07) is 14.6. The number of phenols is 2. The number of benzene rings is 2. The van der Waals surface area contributed by atoms with Crippen LogP contribution in [0.15, 0.2) is 48.5 Å². The Kier molecular flexibility index (Phi) is 7.61. The van der Waals surface area contributed by atoms with Crippen LogP contribution in [0.3, 0.4) is 0 Å². The Bertz CT molecular complexity index is 1170. The molecule has 0 unspecified atom stereocenters. The minimum atomic E-state index is -0.575. The van der Waals surface area contributed by atoms with Crippen molar-refractivity contribution in [1.29, 1.82) is 0 Å². The molecule has 42 heavy (non-hydrogen) atoms. The zero-order valence-electron chi connectivity index (χ0n) is 24.1. The lowest BCUT2D eigenvalue weighted by Crippen LogP contribution is -2.52. The van der Waals surface area contributed by atoms with Crippen LogP contribution in [-0.2, 0) is 19.1 Å². The van der Waals surface area contributed by atoms with E-state index in [1.165, 1.54) is 12.8 Å². The average molecular weight is 575 g/mol. The first-order chi connectivity index (χ1) is 20.5. The minimum Gasteiger partial charge on any atom is -0.508 e. The number of hydrogen-bond donors (Lipinski definition) is 2. The van der Waals surface area contributed by atoms with Gasteiger partial charge in [-0.1, -0.05) is 24.3 Å². The molecule has 2 aromatic carbocycles. The third-order valence-corrected chi connectivity index (χ3v) is 11.0. The summed E-state index contributed by atoms with van der Waals surface area (Å²) >= 11 is 0. The molecule has 2 N–H and O–H groups in total. The van der Waals surface area contributed by atoms with Crippen molar-refractivity contribution in [1.82, 2.24) is 9.80 Å².